The molecule has 5 heteroatoms. The third kappa shape index (κ3) is 5.44. The second-order valence-electron chi connectivity index (χ2n) is 7.95. The Kier molecular flexibility index (Phi) is 6.93. The second kappa shape index (κ2) is 10.0. The van der Waals surface area contributed by atoms with Crippen LogP contribution in [0.5, 0.6) is 0 Å². The molecule has 1 saturated heterocycles. The summed E-state index contributed by atoms with van der Waals surface area (Å²) in [7, 11) is 0. The van der Waals surface area contributed by atoms with Gasteiger partial charge in [-0.2, -0.15) is 0 Å². The highest BCUT2D eigenvalue weighted by Crippen LogP contribution is 2.28. The fraction of sp³-hybridized carbons (Fsp3) is 0.458. The van der Waals surface area contributed by atoms with Crippen molar-refractivity contribution in [3.8, 4) is 0 Å². The Hall–Kier alpha value is -2.21. The van der Waals surface area contributed by atoms with Crippen molar-refractivity contribution in [2.75, 3.05) is 26.4 Å². The lowest BCUT2D eigenvalue weighted by Crippen LogP contribution is -2.60. The Morgan fingerprint density at radius 2 is 1.41 bits per heavy atom. The van der Waals surface area contributed by atoms with E-state index in [4.69, 9.17) is 9.47 Å². The summed E-state index contributed by atoms with van der Waals surface area (Å²) in [5.74, 6) is 0.167. The number of hydrogen-bond acceptors (Lipinski definition) is 4. The van der Waals surface area contributed by atoms with Gasteiger partial charge in [0, 0.05) is 24.4 Å². The topological polar surface area (TPSA) is 59.6 Å². The van der Waals surface area contributed by atoms with Crippen molar-refractivity contribution in [2.24, 2.45) is 0 Å². The Morgan fingerprint density at radius 3 is 1.93 bits per heavy atom. The van der Waals surface area contributed by atoms with Gasteiger partial charge >= 0.3 is 0 Å². The van der Waals surface area contributed by atoms with E-state index in [1.807, 2.05) is 36.4 Å². The van der Waals surface area contributed by atoms with Crippen molar-refractivity contribution >= 4 is 5.91 Å². The first-order valence-electron chi connectivity index (χ1n) is 10.6. The average Bonchev–Trinajstić information content (AvgIpc) is 3.03. The van der Waals surface area contributed by atoms with Crippen LogP contribution in [0.4, 0.5) is 0 Å². The monoisotopic (exact) mass is 394 g/mol. The number of benzene rings is 2. The summed E-state index contributed by atoms with van der Waals surface area (Å²) in [5.41, 5.74) is 2.34. The van der Waals surface area contributed by atoms with Crippen LogP contribution in [0.2, 0.25) is 0 Å². The molecular weight excluding hydrogens is 364 g/mol. The van der Waals surface area contributed by atoms with Gasteiger partial charge in [-0.3, -0.25) is 4.79 Å². The van der Waals surface area contributed by atoms with E-state index >= 15 is 0 Å². The highest BCUT2D eigenvalue weighted by Gasteiger charge is 2.34. The Balaban J connectivity index is 1.35. The van der Waals surface area contributed by atoms with E-state index in [0.29, 0.717) is 38.9 Å². The number of carbonyl (C=O) groups excluding carboxylic acids is 1. The summed E-state index contributed by atoms with van der Waals surface area (Å²) in [4.78, 5) is 12.9. The SMILES string of the molecule is O=C(CC(c1ccccc1)c1ccccc1)N[C@H]1CC[C@H]1NC1COCCOC1. The van der Waals surface area contributed by atoms with E-state index in [1.54, 1.807) is 0 Å². The van der Waals surface area contributed by atoms with Crippen LogP contribution in [0.15, 0.2) is 60.7 Å². The lowest BCUT2D eigenvalue weighted by Gasteiger charge is -2.40. The van der Waals surface area contributed by atoms with E-state index in [2.05, 4.69) is 34.9 Å². The van der Waals surface area contributed by atoms with Gasteiger partial charge in [-0.15, -0.1) is 0 Å². The molecule has 154 valence electrons. The van der Waals surface area contributed by atoms with Crippen LogP contribution in [0.25, 0.3) is 0 Å². The molecular formula is C24H30N2O3. The molecule has 1 saturated carbocycles. The van der Waals surface area contributed by atoms with Crippen LogP contribution in [0.3, 0.4) is 0 Å². The largest absolute Gasteiger partial charge is 0.377 e. The summed E-state index contributed by atoms with van der Waals surface area (Å²) >= 11 is 0. The number of nitrogens with one attached hydrogen (secondary N) is 2. The number of rotatable bonds is 7. The molecule has 4 rings (SSSR count). The van der Waals surface area contributed by atoms with Gasteiger partial charge in [-0.25, -0.2) is 0 Å². The van der Waals surface area contributed by atoms with E-state index in [-0.39, 0.29) is 23.9 Å². The highest BCUT2D eigenvalue weighted by molar-refractivity contribution is 5.78. The van der Waals surface area contributed by atoms with Gasteiger partial charge in [0.05, 0.1) is 32.5 Å². The van der Waals surface area contributed by atoms with E-state index in [9.17, 15) is 4.79 Å². The normalized spacial score (nSPS) is 22.7. The van der Waals surface area contributed by atoms with E-state index in [1.165, 1.54) is 11.1 Å². The van der Waals surface area contributed by atoms with Crippen LogP contribution in [0.1, 0.15) is 36.3 Å². The third-order valence-electron chi connectivity index (χ3n) is 5.87. The van der Waals surface area contributed by atoms with Crippen molar-refractivity contribution in [2.45, 2.75) is 43.3 Å². The minimum atomic E-state index is 0.0625. The van der Waals surface area contributed by atoms with Crippen LogP contribution in [-0.4, -0.2) is 50.5 Å². The van der Waals surface area contributed by atoms with Gasteiger partial charge in [0.2, 0.25) is 5.91 Å². The quantitative estimate of drug-likeness (QED) is 0.758. The molecule has 0 aromatic heterocycles. The maximum absolute atomic E-state index is 12.9. The molecule has 5 nitrogen and oxygen atoms in total. The maximum Gasteiger partial charge on any atom is 0.221 e. The number of carbonyl (C=O) groups is 1. The molecule has 2 aromatic rings. The van der Waals surface area contributed by atoms with Crippen molar-refractivity contribution in [3.05, 3.63) is 71.8 Å². The van der Waals surface area contributed by atoms with Crippen molar-refractivity contribution < 1.29 is 14.3 Å². The van der Waals surface area contributed by atoms with Gasteiger partial charge in [0.1, 0.15) is 0 Å². The number of hydrogen-bond donors (Lipinski definition) is 2. The molecule has 0 bridgehead atoms. The molecule has 1 amide bonds. The zero-order valence-electron chi connectivity index (χ0n) is 16.8. The average molecular weight is 395 g/mol. The smallest absolute Gasteiger partial charge is 0.221 e. The fourth-order valence-corrected chi connectivity index (χ4v) is 4.14. The predicted octanol–water partition coefficient (Wildman–Crippen LogP) is 2.86. The van der Waals surface area contributed by atoms with Crippen LogP contribution >= 0.6 is 0 Å². The van der Waals surface area contributed by atoms with Gasteiger partial charge in [0.25, 0.3) is 0 Å². The first-order valence-corrected chi connectivity index (χ1v) is 10.6. The van der Waals surface area contributed by atoms with E-state index in [0.717, 1.165) is 12.8 Å². The third-order valence-corrected chi connectivity index (χ3v) is 5.87. The summed E-state index contributed by atoms with van der Waals surface area (Å²) in [6.07, 6.45) is 2.54. The summed E-state index contributed by atoms with van der Waals surface area (Å²) in [5, 5.41) is 6.86. The molecule has 1 aliphatic carbocycles. The Morgan fingerprint density at radius 1 is 0.862 bits per heavy atom. The number of amides is 1. The minimum Gasteiger partial charge on any atom is -0.377 e. The molecule has 2 aliphatic rings. The Bertz CT molecular complexity index is 721. The molecule has 2 aromatic carbocycles. The summed E-state index contributed by atoms with van der Waals surface area (Å²) in [6, 6.07) is 21.2. The predicted molar refractivity (Wildman–Crippen MR) is 113 cm³/mol. The highest BCUT2D eigenvalue weighted by atomic mass is 16.5. The molecule has 1 aliphatic heterocycles. The summed E-state index contributed by atoms with van der Waals surface area (Å²) in [6.45, 7) is 2.65. The van der Waals surface area contributed by atoms with Gasteiger partial charge < -0.3 is 20.1 Å². The minimum absolute atomic E-state index is 0.0625. The zero-order valence-corrected chi connectivity index (χ0v) is 16.8. The molecule has 0 spiro atoms. The van der Waals surface area contributed by atoms with E-state index < -0.39 is 0 Å². The fourth-order valence-electron chi connectivity index (χ4n) is 4.14. The molecule has 2 fully saturated rings. The van der Waals surface area contributed by atoms with Gasteiger partial charge in [-0.05, 0) is 24.0 Å². The van der Waals surface area contributed by atoms with Crippen molar-refractivity contribution in [3.63, 3.8) is 0 Å². The molecule has 0 radical (unpaired) electrons. The van der Waals surface area contributed by atoms with Crippen molar-refractivity contribution in [1.29, 1.82) is 0 Å². The zero-order chi connectivity index (χ0) is 19.9. The number of ether oxygens (including phenoxy) is 2. The first kappa shape index (κ1) is 20.1. The lowest BCUT2D eigenvalue weighted by molar-refractivity contribution is -0.122. The maximum atomic E-state index is 12.9. The summed E-state index contributed by atoms with van der Waals surface area (Å²) < 4.78 is 11.1. The van der Waals surface area contributed by atoms with Gasteiger partial charge in [0.15, 0.2) is 0 Å². The molecule has 2 N–H and O–H groups in total. The molecule has 0 unspecified atom stereocenters. The first-order chi connectivity index (χ1) is 14.3. The molecule has 1 heterocycles. The van der Waals surface area contributed by atoms with Crippen LogP contribution in [0, 0.1) is 0 Å². The molecule has 29 heavy (non-hydrogen) atoms. The van der Waals surface area contributed by atoms with Gasteiger partial charge in [-0.1, -0.05) is 60.7 Å². The second-order valence-corrected chi connectivity index (χ2v) is 7.95. The van der Waals surface area contributed by atoms with Crippen molar-refractivity contribution in [1.82, 2.24) is 10.6 Å². The lowest BCUT2D eigenvalue weighted by atomic mass is 9.84. The standard InChI is InChI=1S/C24H30N2O3/c27-24(26-23-12-11-22(23)25-20-16-28-13-14-29-17-20)15-21(18-7-3-1-4-8-18)19-9-5-2-6-10-19/h1-10,20-23,25H,11-17H2,(H,26,27)/t22-,23+/m1/s1. The van der Waals surface area contributed by atoms with Crippen LogP contribution < -0.4 is 10.6 Å². The Labute approximate surface area is 172 Å². The molecule has 2 atom stereocenters. The van der Waals surface area contributed by atoms with Crippen LogP contribution in [-0.2, 0) is 14.3 Å².